The van der Waals surface area contributed by atoms with E-state index in [1.165, 1.54) is 0 Å². The number of benzene rings is 2. The Bertz CT molecular complexity index is 1130. The molecular weight excluding hydrogens is 456 g/mol. The Labute approximate surface area is 199 Å². The molecule has 1 saturated carbocycles. The summed E-state index contributed by atoms with van der Waals surface area (Å²) in [5.41, 5.74) is -0.663. The summed E-state index contributed by atoms with van der Waals surface area (Å²) in [6.45, 7) is 2.22. The third kappa shape index (κ3) is 5.42. The molecular formula is C25H30N2O6S. The molecule has 2 N–H and O–H groups in total. The van der Waals surface area contributed by atoms with Crippen LogP contribution in [-0.2, 0) is 19.4 Å². The van der Waals surface area contributed by atoms with Crippen LogP contribution in [0.5, 0.6) is 5.75 Å². The quantitative estimate of drug-likeness (QED) is 0.472. The van der Waals surface area contributed by atoms with Gasteiger partial charge in [-0.3, -0.25) is 4.79 Å². The van der Waals surface area contributed by atoms with E-state index in [0.29, 0.717) is 30.2 Å². The lowest BCUT2D eigenvalue weighted by molar-refractivity contribution is -0.128. The summed E-state index contributed by atoms with van der Waals surface area (Å²) in [7, 11) is -3.59. The number of aliphatic hydroxyl groups is 1. The Morgan fingerprint density at radius 1 is 1.18 bits per heavy atom. The largest absolute Gasteiger partial charge is 0.494 e. The van der Waals surface area contributed by atoms with Crippen LogP contribution in [0.1, 0.15) is 38.2 Å². The minimum absolute atomic E-state index is 0.00972. The van der Waals surface area contributed by atoms with Crippen LogP contribution in [0.2, 0.25) is 0 Å². The van der Waals surface area contributed by atoms with Gasteiger partial charge in [0, 0.05) is 24.6 Å². The van der Waals surface area contributed by atoms with Crippen LogP contribution in [0, 0.1) is 0 Å². The maximum absolute atomic E-state index is 13.3. The van der Waals surface area contributed by atoms with Gasteiger partial charge in [-0.1, -0.05) is 18.2 Å². The minimum atomic E-state index is -3.59. The van der Waals surface area contributed by atoms with Gasteiger partial charge in [0.15, 0.2) is 15.4 Å². The van der Waals surface area contributed by atoms with Crippen LogP contribution in [-0.4, -0.2) is 62.0 Å². The zero-order valence-corrected chi connectivity index (χ0v) is 20.0. The second kappa shape index (κ2) is 10.1. The molecule has 2 aliphatic rings. The number of hydrogen-bond donors (Lipinski definition) is 2. The van der Waals surface area contributed by atoms with Gasteiger partial charge in [-0.25, -0.2) is 13.4 Å². The van der Waals surface area contributed by atoms with Gasteiger partial charge in [0.25, 0.3) is 5.91 Å². The summed E-state index contributed by atoms with van der Waals surface area (Å²) in [5, 5.41) is 11.9. The average Bonchev–Trinajstić information content (AvgIpc) is 3.59. The third-order valence-electron chi connectivity index (χ3n) is 6.09. The van der Waals surface area contributed by atoms with E-state index in [9.17, 15) is 13.2 Å². The molecule has 1 aliphatic heterocycles. The Morgan fingerprint density at radius 3 is 2.53 bits per heavy atom. The predicted octanol–water partition coefficient (Wildman–Crippen LogP) is 2.49. The SMILES string of the molecule is C[C@H]1OC(c2ccc(OCCCO)cc2)=N[C@@]1(CCS(=O)(=O)c1ccccc1)C(=O)NC1CC1. The van der Waals surface area contributed by atoms with E-state index >= 15 is 0 Å². The molecule has 2 aromatic rings. The fraction of sp³-hybridized carbons (Fsp3) is 0.440. The number of amides is 1. The lowest BCUT2D eigenvalue weighted by Crippen LogP contribution is -2.52. The standard InChI is InChI=1S/C25H30N2O6S/c1-18-25(24(29)26-20-10-11-20,14-17-34(30,31)22-6-3-2-4-7-22)27-23(33-18)19-8-12-21(13-9-19)32-16-5-15-28/h2-4,6-9,12-13,18,20,28H,5,10-11,14-17H2,1H3,(H,26,29)/t18-,25-/m1/s1. The number of hydrogen-bond acceptors (Lipinski definition) is 7. The number of aliphatic hydroxyl groups excluding tert-OH is 1. The number of rotatable bonds is 11. The van der Waals surface area contributed by atoms with Gasteiger partial charge in [0.1, 0.15) is 11.9 Å². The molecule has 1 heterocycles. The molecule has 0 radical (unpaired) electrons. The van der Waals surface area contributed by atoms with Gasteiger partial charge in [-0.15, -0.1) is 0 Å². The highest BCUT2D eigenvalue weighted by Crippen LogP contribution is 2.34. The normalized spacial score (nSPS) is 22.1. The van der Waals surface area contributed by atoms with Crippen molar-refractivity contribution in [3.8, 4) is 5.75 Å². The van der Waals surface area contributed by atoms with Crippen molar-refractivity contribution in [2.75, 3.05) is 19.0 Å². The summed E-state index contributed by atoms with van der Waals surface area (Å²) in [5.74, 6) is 0.426. The van der Waals surface area contributed by atoms with Crippen molar-refractivity contribution in [2.24, 2.45) is 4.99 Å². The number of aliphatic imine (C=N–C) groups is 1. The highest BCUT2D eigenvalue weighted by molar-refractivity contribution is 7.91. The van der Waals surface area contributed by atoms with E-state index in [-0.39, 0.29) is 35.6 Å². The van der Waals surface area contributed by atoms with Crippen molar-refractivity contribution in [2.45, 2.75) is 55.2 Å². The van der Waals surface area contributed by atoms with Crippen molar-refractivity contribution in [1.29, 1.82) is 0 Å². The molecule has 4 rings (SSSR count). The molecule has 182 valence electrons. The minimum Gasteiger partial charge on any atom is -0.494 e. The molecule has 0 bridgehead atoms. The van der Waals surface area contributed by atoms with E-state index in [1.54, 1.807) is 61.5 Å². The second-order valence-electron chi connectivity index (χ2n) is 8.68. The van der Waals surface area contributed by atoms with Gasteiger partial charge < -0.3 is 19.9 Å². The first-order valence-electron chi connectivity index (χ1n) is 11.5. The molecule has 0 aromatic heterocycles. The first-order chi connectivity index (χ1) is 16.3. The molecule has 1 fully saturated rings. The van der Waals surface area contributed by atoms with E-state index in [1.807, 2.05) is 0 Å². The monoisotopic (exact) mass is 486 g/mol. The van der Waals surface area contributed by atoms with Gasteiger partial charge in [0.05, 0.1) is 17.3 Å². The summed E-state index contributed by atoms with van der Waals surface area (Å²) < 4.78 is 37.5. The maximum atomic E-state index is 13.3. The van der Waals surface area contributed by atoms with Crippen molar-refractivity contribution in [3.05, 3.63) is 60.2 Å². The summed E-state index contributed by atoms with van der Waals surface area (Å²) in [6.07, 6.45) is 1.74. The highest BCUT2D eigenvalue weighted by atomic mass is 32.2. The number of nitrogens with one attached hydrogen (secondary N) is 1. The van der Waals surface area contributed by atoms with Crippen molar-refractivity contribution >= 4 is 21.6 Å². The fourth-order valence-electron chi connectivity index (χ4n) is 3.83. The zero-order valence-electron chi connectivity index (χ0n) is 19.1. The predicted molar refractivity (Wildman–Crippen MR) is 128 cm³/mol. The summed E-state index contributed by atoms with van der Waals surface area (Å²) >= 11 is 0. The molecule has 2 atom stereocenters. The number of sulfone groups is 1. The van der Waals surface area contributed by atoms with E-state index in [2.05, 4.69) is 5.32 Å². The molecule has 0 spiro atoms. The van der Waals surface area contributed by atoms with Crippen molar-refractivity contribution in [1.82, 2.24) is 5.32 Å². The van der Waals surface area contributed by atoms with Gasteiger partial charge in [-0.05, 0) is 62.6 Å². The topological polar surface area (TPSA) is 114 Å². The zero-order chi connectivity index (χ0) is 24.2. The molecule has 9 heteroatoms. The molecule has 0 unspecified atom stereocenters. The van der Waals surface area contributed by atoms with Gasteiger partial charge in [0.2, 0.25) is 5.90 Å². The summed E-state index contributed by atoms with van der Waals surface area (Å²) in [6, 6.07) is 15.5. The van der Waals surface area contributed by atoms with E-state index in [4.69, 9.17) is 19.6 Å². The Balaban J connectivity index is 1.57. The second-order valence-corrected chi connectivity index (χ2v) is 10.8. The Kier molecular flexibility index (Phi) is 7.23. The Morgan fingerprint density at radius 2 is 1.88 bits per heavy atom. The number of ether oxygens (including phenoxy) is 2. The first-order valence-corrected chi connectivity index (χ1v) is 13.2. The van der Waals surface area contributed by atoms with Crippen LogP contribution in [0.3, 0.4) is 0 Å². The summed E-state index contributed by atoms with van der Waals surface area (Å²) in [4.78, 5) is 18.2. The van der Waals surface area contributed by atoms with Gasteiger partial charge >= 0.3 is 0 Å². The number of carbonyl (C=O) groups excluding carboxylic acids is 1. The first kappa shape index (κ1) is 24.2. The highest BCUT2D eigenvalue weighted by Gasteiger charge is 2.51. The van der Waals surface area contributed by atoms with Crippen LogP contribution >= 0.6 is 0 Å². The number of nitrogens with zero attached hydrogens (tertiary/aromatic N) is 1. The average molecular weight is 487 g/mol. The molecule has 1 amide bonds. The molecule has 0 saturated heterocycles. The molecule has 8 nitrogen and oxygen atoms in total. The van der Waals surface area contributed by atoms with Crippen LogP contribution < -0.4 is 10.1 Å². The number of carbonyl (C=O) groups is 1. The van der Waals surface area contributed by atoms with Crippen LogP contribution in [0.15, 0.2) is 64.5 Å². The smallest absolute Gasteiger partial charge is 0.252 e. The molecule has 1 aliphatic carbocycles. The van der Waals surface area contributed by atoms with Crippen molar-refractivity contribution < 1.29 is 27.8 Å². The lowest BCUT2D eigenvalue weighted by atomic mass is 9.90. The fourth-order valence-corrected chi connectivity index (χ4v) is 5.21. The van der Waals surface area contributed by atoms with Crippen molar-refractivity contribution in [3.63, 3.8) is 0 Å². The lowest BCUT2D eigenvalue weighted by Gasteiger charge is -2.28. The van der Waals surface area contributed by atoms with Crippen LogP contribution in [0.25, 0.3) is 0 Å². The molecule has 34 heavy (non-hydrogen) atoms. The van der Waals surface area contributed by atoms with E-state index < -0.39 is 21.5 Å². The molecule has 2 aromatic carbocycles. The van der Waals surface area contributed by atoms with Gasteiger partial charge in [-0.2, -0.15) is 0 Å². The maximum Gasteiger partial charge on any atom is 0.252 e. The van der Waals surface area contributed by atoms with Crippen LogP contribution in [0.4, 0.5) is 0 Å². The van der Waals surface area contributed by atoms with E-state index in [0.717, 1.165) is 12.8 Å². The third-order valence-corrected chi connectivity index (χ3v) is 7.83. The Hall–Kier alpha value is -2.91.